The number of hydrogen-bond acceptors (Lipinski definition) is 5. The van der Waals surface area contributed by atoms with Crippen molar-refractivity contribution in [1.82, 2.24) is 14.5 Å². The Bertz CT molecular complexity index is 665. The van der Waals surface area contributed by atoms with Crippen molar-refractivity contribution in [3.63, 3.8) is 0 Å². The van der Waals surface area contributed by atoms with Crippen LogP contribution in [0.1, 0.15) is 35.4 Å². The number of carbonyl (C=O) groups excluding carboxylic acids is 1. The first-order valence-electron chi connectivity index (χ1n) is 8.08. The summed E-state index contributed by atoms with van der Waals surface area (Å²) in [6.45, 7) is 2.43. The normalized spacial score (nSPS) is 23.3. The van der Waals surface area contributed by atoms with Crippen LogP contribution < -0.4 is 5.32 Å². The first-order valence-corrected chi connectivity index (χ1v) is 10.4. The lowest BCUT2D eigenvalue weighted by atomic mass is 10.1. The van der Waals surface area contributed by atoms with Crippen molar-refractivity contribution in [1.29, 1.82) is 0 Å². The van der Waals surface area contributed by atoms with Gasteiger partial charge in [-0.25, -0.2) is 8.42 Å². The summed E-state index contributed by atoms with van der Waals surface area (Å²) in [5, 5.41) is 4.91. The van der Waals surface area contributed by atoms with Gasteiger partial charge in [-0.1, -0.05) is 0 Å². The van der Waals surface area contributed by atoms with Crippen LogP contribution in [0.4, 0.5) is 0 Å². The number of nitrogens with zero attached hydrogens (tertiary/aromatic N) is 2. The molecule has 0 bridgehead atoms. The molecule has 6 nitrogen and oxygen atoms in total. The molecule has 128 valence electrons. The molecule has 2 aliphatic rings. The molecule has 3 heterocycles. The summed E-state index contributed by atoms with van der Waals surface area (Å²) in [6.07, 6.45) is 3.77. The third kappa shape index (κ3) is 3.31. The minimum atomic E-state index is -3.55. The van der Waals surface area contributed by atoms with E-state index in [1.807, 2.05) is 7.05 Å². The number of nitrogens with one attached hydrogen (secondary N) is 1. The molecule has 23 heavy (non-hydrogen) atoms. The van der Waals surface area contributed by atoms with Gasteiger partial charge in [-0.2, -0.15) is 4.31 Å². The number of likely N-dealkylation sites (tertiary alicyclic amines) is 1. The highest BCUT2D eigenvalue weighted by Crippen LogP contribution is 2.29. The second kappa shape index (κ2) is 6.88. The van der Waals surface area contributed by atoms with E-state index in [1.54, 1.807) is 16.3 Å². The van der Waals surface area contributed by atoms with Crippen LogP contribution in [0, 0.1) is 0 Å². The number of hydrogen-bond donors (Lipinski definition) is 1. The maximum atomic E-state index is 12.8. The van der Waals surface area contributed by atoms with Crippen LogP contribution in [0.3, 0.4) is 0 Å². The number of piperidine rings is 1. The Kier molecular flexibility index (Phi) is 5.05. The molecular weight excluding hydrogens is 334 g/mol. The molecule has 0 radical (unpaired) electrons. The number of thiophene rings is 1. The Morgan fingerprint density at radius 1 is 1.26 bits per heavy atom. The molecule has 3 rings (SSSR count). The van der Waals surface area contributed by atoms with Gasteiger partial charge in [0.1, 0.15) is 9.77 Å². The summed E-state index contributed by atoms with van der Waals surface area (Å²) in [5.74, 6) is -0.155. The van der Waals surface area contributed by atoms with Crippen molar-refractivity contribution in [2.45, 2.75) is 36.6 Å². The van der Waals surface area contributed by atoms with Gasteiger partial charge in [0.2, 0.25) is 10.0 Å². The summed E-state index contributed by atoms with van der Waals surface area (Å²) in [4.78, 5) is 15.1. The maximum absolute atomic E-state index is 12.8. The molecule has 8 heteroatoms. The summed E-state index contributed by atoms with van der Waals surface area (Å²) in [5.41, 5.74) is 0. The Balaban J connectivity index is 1.84. The van der Waals surface area contributed by atoms with E-state index in [-0.39, 0.29) is 16.8 Å². The number of carbonyl (C=O) groups is 1. The Morgan fingerprint density at radius 3 is 2.70 bits per heavy atom. The minimum Gasteiger partial charge on any atom is -0.336 e. The Morgan fingerprint density at radius 2 is 2.00 bits per heavy atom. The molecular formula is C15H23N3O3S2. The number of sulfonamides is 1. The van der Waals surface area contributed by atoms with Crippen LogP contribution >= 0.6 is 11.3 Å². The van der Waals surface area contributed by atoms with Crippen LogP contribution in [0.25, 0.3) is 0 Å². The van der Waals surface area contributed by atoms with E-state index in [9.17, 15) is 13.2 Å². The van der Waals surface area contributed by atoms with Gasteiger partial charge in [0.05, 0.1) is 0 Å². The second-order valence-electron chi connectivity index (χ2n) is 6.10. The summed E-state index contributed by atoms with van der Waals surface area (Å²) < 4.78 is 27.0. The van der Waals surface area contributed by atoms with Crippen molar-refractivity contribution in [3.05, 3.63) is 16.3 Å². The fourth-order valence-electron chi connectivity index (χ4n) is 3.26. The number of rotatable bonds is 4. The molecule has 1 amide bonds. The van der Waals surface area contributed by atoms with E-state index in [4.69, 9.17) is 0 Å². The number of likely N-dealkylation sites (N-methyl/N-ethyl adjacent to an activating group) is 1. The highest BCUT2D eigenvalue weighted by Gasteiger charge is 2.34. The maximum Gasteiger partial charge on any atom is 0.265 e. The predicted octanol–water partition coefficient (Wildman–Crippen LogP) is 1.36. The Labute approximate surface area is 141 Å². The van der Waals surface area contributed by atoms with Gasteiger partial charge in [0.25, 0.3) is 5.91 Å². The molecule has 1 N–H and O–H groups in total. The third-order valence-corrected chi connectivity index (χ3v) is 7.60. The first-order chi connectivity index (χ1) is 11.0. The highest BCUT2D eigenvalue weighted by molar-refractivity contribution is 7.89. The summed E-state index contributed by atoms with van der Waals surface area (Å²) in [6, 6.07) is 1.86. The van der Waals surface area contributed by atoms with Gasteiger partial charge in [-0.15, -0.1) is 11.3 Å². The van der Waals surface area contributed by atoms with Crippen LogP contribution in [0.2, 0.25) is 0 Å². The lowest BCUT2D eigenvalue weighted by molar-refractivity contribution is 0.0699. The molecule has 1 aromatic heterocycles. The summed E-state index contributed by atoms with van der Waals surface area (Å²) in [7, 11) is -1.65. The molecule has 1 unspecified atom stereocenters. The topological polar surface area (TPSA) is 69.7 Å². The van der Waals surface area contributed by atoms with E-state index >= 15 is 0 Å². The van der Waals surface area contributed by atoms with Crippen molar-refractivity contribution in [3.8, 4) is 0 Å². The average Bonchev–Trinajstić information content (AvgIpc) is 3.25. The van der Waals surface area contributed by atoms with Crippen LogP contribution in [-0.2, 0) is 10.0 Å². The van der Waals surface area contributed by atoms with Gasteiger partial charge in [0, 0.05) is 32.2 Å². The molecule has 0 aromatic carbocycles. The van der Waals surface area contributed by atoms with Gasteiger partial charge in [-0.3, -0.25) is 4.79 Å². The molecule has 1 atom stereocenters. The van der Waals surface area contributed by atoms with E-state index in [2.05, 4.69) is 5.32 Å². The fourth-order valence-corrected chi connectivity index (χ4v) is 6.14. The number of amides is 1. The highest BCUT2D eigenvalue weighted by atomic mass is 32.2. The van der Waals surface area contributed by atoms with Crippen LogP contribution in [0.15, 0.2) is 16.3 Å². The lowest BCUT2D eigenvalue weighted by Gasteiger charge is -2.32. The van der Waals surface area contributed by atoms with E-state index < -0.39 is 10.0 Å². The van der Waals surface area contributed by atoms with Crippen molar-refractivity contribution < 1.29 is 13.2 Å². The SMILES string of the molecule is CNC1CCCN(C(=O)c2sccc2S(=O)(=O)N2CCCC2)C1. The van der Waals surface area contributed by atoms with Gasteiger partial charge >= 0.3 is 0 Å². The molecule has 1 aromatic rings. The van der Waals surface area contributed by atoms with E-state index in [1.165, 1.54) is 15.6 Å². The zero-order valence-corrected chi connectivity index (χ0v) is 15.0. The average molecular weight is 358 g/mol. The fraction of sp³-hybridized carbons (Fsp3) is 0.667. The van der Waals surface area contributed by atoms with Crippen molar-refractivity contribution in [2.24, 2.45) is 0 Å². The molecule has 2 saturated heterocycles. The lowest BCUT2D eigenvalue weighted by Crippen LogP contribution is -2.47. The molecule has 2 aliphatic heterocycles. The van der Waals surface area contributed by atoms with Gasteiger partial charge in [0.15, 0.2) is 0 Å². The summed E-state index contributed by atoms with van der Waals surface area (Å²) >= 11 is 1.23. The van der Waals surface area contributed by atoms with Gasteiger partial charge in [-0.05, 0) is 44.2 Å². The largest absolute Gasteiger partial charge is 0.336 e. The predicted molar refractivity (Wildman–Crippen MR) is 90.3 cm³/mol. The molecule has 2 fully saturated rings. The zero-order chi connectivity index (χ0) is 16.4. The third-order valence-electron chi connectivity index (χ3n) is 4.62. The van der Waals surface area contributed by atoms with E-state index in [0.717, 1.165) is 25.7 Å². The van der Waals surface area contributed by atoms with Gasteiger partial charge < -0.3 is 10.2 Å². The van der Waals surface area contributed by atoms with Crippen molar-refractivity contribution >= 4 is 27.3 Å². The smallest absolute Gasteiger partial charge is 0.265 e. The monoisotopic (exact) mass is 357 g/mol. The minimum absolute atomic E-state index is 0.155. The molecule has 0 aliphatic carbocycles. The standard InChI is InChI=1S/C15H23N3O3S2/c1-16-12-5-4-7-17(11-12)15(19)14-13(6-10-22-14)23(20,21)18-8-2-3-9-18/h6,10,12,16H,2-5,7-9,11H2,1H3. The molecule has 0 spiro atoms. The van der Waals surface area contributed by atoms with Crippen molar-refractivity contribution in [2.75, 3.05) is 33.2 Å². The van der Waals surface area contributed by atoms with Crippen LogP contribution in [0.5, 0.6) is 0 Å². The quantitative estimate of drug-likeness (QED) is 0.883. The first kappa shape index (κ1) is 16.9. The van der Waals surface area contributed by atoms with Crippen LogP contribution in [-0.4, -0.2) is 62.8 Å². The zero-order valence-electron chi connectivity index (χ0n) is 13.3. The Hall–Kier alpha value is -0.960. The van der Waals surface area contributed by atoms with E-state index in [0.29, 0.717) is 31.1 Å². The molecule has 0 saturated carbocycles. The second-order valence-corrected chi connectivity index (χ2v) is 8.93.